The number of nitrogens with zero attached hydrogens (tertiary/aromatic N) is 3. The first-order valence-corrected chi connectivity index (χ1v) is 14.3. The van der Waals surface area contributed by atoms with Crippen molar-refractivity contribution >= 4 is 34.5 Å². The molecule has 8 heteroatoms. The quantitative estimate of drug-likeness (QED) is 0.279. The van der Waals surface area contributed by atoms with Gasteiger partial charge >= 0.3 is 0 Å². The summed E-state index contributed by atoms with van der Waals surface area (Å²) in [4.78, 5) is 34.3. The highest BCUT2D eigenvalue weighted by atomic mass is 32.2. The molecule has 1 aromatic heterocycles. The van der Waals surface area contributed by atoms with Gasteiger partial charge in [-0.15, -0.1) is 11.8 Å². The number of nitriles is 1. The molecule has 0 saturated carbocycles. The zero-order valence-electron chi connectivity index (χ0n) is 22.5. The molecule has 4 rings (SSSR count). The maximum Gasteiger partial charge on any atom is 0.270 e. The SMILES string of the molecule is CCCN1CCN(C(=O)c2cc3cc(-c4ccc(SC(CC(C)C)C(=O)NCC#N)cc4)ccc3[nH]2)CC1. The number of rotatable bonds is 10. The number of carbonyl (C=O) groups is 2. The number of fused-ring (bicyclic) bond motifs is 1. The number of aromatic nitrogens is 1. The van der Waals surface area contributed by atoms with E-state index in [-0.39, 0.29) is 23.6 Å². The minimum absolute atomic E-state index is 0.0253. The summed E-state index contributed by atoms with van der Waals surface area (Å²) in [5.41, 5.74) is 3.74. The highest BCUT2D eigenvalue weighted by molar-refractivity contribution is 8.00. The van der Waals surface area contributed by atoms with Crippen molar-refractivity contribution in [1.82, 2.24) is 20.1 Å². The number of hydrogen-bond donors (Lipinski definition) is 2. The molecule has 1 atom stereocenters. The van der Waals surface area contributed by atoms with E-state index in [9.17, 15) is 9.59 Å². The fourth-order valence-electron chi connectivity index (χ4n) is 4.86. The summed E-state index contributed by atoms with van der Waals surface area (Å²) < 4.78 is 0. The number of nitrogens with one attached hydrogen (secondary N) is 2. The number of aromatic amines is 1. The van der Waals surface area contributed by atoms with E-state index in [0.717, 1.165) is 72.5 Å². The molecular formula is C30H37N5O2S. The van der Waals surface area contributed by atoms with Gasteiger partial charge in [0, 0.05) is 42.0 Å². The van der Waals surface area contributed by atoms with Crippen molar-refractivity contribution in [3.63, 3.8) is 0 Å². The molecule has 1 saturated heterocycles. The van der Waals surface area contributed by atoms with Gasteiger partial charge < -0.3 is 15.2 Å². The van der Waals surface area contributed by atoms with E-state index in [1.807, 2.05) is 35.2 Å². The van der Waals surface area contributed by atoms with Crippen molar-refractivity contribution in [2.45, 2.75) is 43.8 Å². The number of carbonyl (C=O) groups excluding carboxylic acids is 2. The second-order valence-electron chi connectivity index (χ2n) is 10.3. The van der Waals surface area contributed by atoms with Gasteiger partial charge in [-0.2, -0.15) is 5.26 Å². The minimum Gasteiger partial charge on any atom is -0.351 e. The van der Waals surface area contributed by atoms with Crippen LogP contribution in [0.2, 0.25) is 0 Å². The Hall–Kier alpha value is -3.28. The van der Waals surface area contributed by atoms with Gasteiger partial charge in [0.2, 0.25) is 5.91 Å². The van der Waals surface area contributed by atoms with Gasteiger partial charge in [-0.1, -0.05) is 39.0 Å². The average molecular weight is 532 g/mol. The zero-order valence-corrected chi connectivity index (χ0v) is 23.3. The molecule has 1 fully saturated rings. The summed E-state index contributed by atoms with van der Waals surface area (Å²) in [6, 6.07) is 18.4. The normalized spacial score (nSPS) is 15.0. The van der Waals surface area contributed by atoms with Crippen molar-refractivity contribution < 1.29 is 9.59 Å². The lowest BCUT2D eigenvalue weighted by atomic mass is 10.0. The summed E-state index contributed by atoms with van der Waals surface area (Å²) in [5.74, 6) is 0.339. The fraction of sp³-hybridized carbons (Fsp3) is 0.433. The molecule has 0 radical (unpaired) electrons. The molecule has 2 aromatic carbocycles. The first kappa shape index (κ1) is 27.7. The fourth-order valence-corrected chi connectivity index (χ4v) is 6.15. The maximum atomic E-state index is 13.1. The van der Waals surface area contributed by atoms with Crippen LogP contribution in [0.5, 0.6) is 0 Å². The summed E-state index contributed by atoms with van der Waals surface area (Å²) in [6.45, 7) is 10.9. The van der Waals surface area contributed by atoms with Gasteiger partial charge in [0.1, 0.15) is 12.2 Å². The molecule has 0 spiro atoms. The highest BCUT2D eigenvalue weighted by Gasteiger charge is 2.23. The van der Waals surface area contributed by atoms with E-state index >= 15 is 0 Å². The van der Waals surface area contributed by atoms with Gasteiger partial charge in [0.25, 0.3) is 5.91 Å². The molecule has 38 heavy (non-hydrogen) atoms. The van der Waals surface area contributed by atoms with E-state index in [2.05, 4.69) is 60.2 Å². The number of hydrogen-bond acceptors (Lipinski definition) is 5. The molecule has 1 aliphatic heterocycles. The lowest BCUT2D eigenvalue weighted by Gasteiger charge is -2.34. The smallest absolute Gasteiger partial charge is 0.270 e. The van der Waals surface area contributed by atoms with Crippen molar-refractivity contribution in [2.24, 2.45) is 5.92 Å². The Morgan fingerprint density at radius 2 is 1.76 bits per heavy atom. The molecule has 2 heterocycles. The number of benzene rings is 2. The Morgan fingerprint density at radius 3 is 2.42 bits per heavy atom. The number of piperazine rings is 1. The van der Waals surface area contributed by atoms with Crippen molar-refractivity contribution in [3.8, 4) is 17.2 Å². The maximum absolute atomic E-state index is 13.1. The highest BCUT2D eigenvalue weighted by Crippen LogP contribution is 2.31. The van der Waals surface area contributed by atoms with Crippen LogP contribution >= 0.6 is 11.8 Å². The van der Waals surface area contributed by atoms with E-state index in [1.54, 1.807) is 0 Å². The molecule has 2 N–H and O–H groups in total. The van der Waals surface area contributed by atoms with E-state index in [0.29, 0.717) is 11.6 Å². The third kappa shape index (κ3) is 6.97. The van der Waals surface area contributed by atoms with Crippen LogP contribution in [-0.4, -0.2) is 71.1 Å². The molecular weight excluding hydrogens is 494 g/mol. The van der Waals surface area contributed by atoms with Crippen molar-refractivity contribution in [3.05, 3.63) is 54.2 Å². The molecule has 2 amide bonds. The summed E-state index contributed by atoms with van der Waals surface area (Å²) in [7, 11) is 0. The second kappa shape index (κ2) is 13.0. The van der Waals surface area contributed by atoms with Crippen LogP contribution in [0.3, 0.4) is 0 Å². The molecule has 7 nitrogen and oxygen atoms in total. The second-order valence-corrected chi connectivity index (χ2v) is 11.5. The standard InChI is InChI=1S/C30H37N5O2S/c1-4-13-34-14-16-35(17-15-34)30(37)27-20-24-19-23(7-10-26(24)33-27)22-5-8-25(9-6-22)38-28(18-21(2)3)29(36)32-12-11-31/h5-10,19-21,28,33H,4,12-18H2,1-3H3,(H,32,36). The summed E-state index contributed by atoms with van der Waals surface area (Å²) in [6.07, 6.45) is 1.88. The lowest BCUT2D eigenvalue weighted by Crippen LogP contribution is -2.48. The van der Waals surface area contributed by atoms with Crippen LogP contribution in [0, 0.1) is 17.2 Å². The van der Waals surface area contributed by atoms with E-state index in [4.69, 9.17) is 5.26 Å². The van der Waals surface area contributed by atoms with E-state index in [1.165, 1.54) is 11.8 Å². The Balaban J connectivity index is 1.44. The monoisotopic (exact) mass is 531 g/mol. The molecule has 0 bridgehead atoms. The van der Waals surface area contributed by atoms with Gasteiger partial charge in [-0.25, -0.2) is 0 Å². The van der Waals surface area contributed by atoms with Crippen LogP contribution in [-0.2, 0) is 4.79 Å². The van der Waals surface area contributed by atoms with Crippen molar-refractivity contribution in [1.29, 1.82) is 5.26 Å². The van der Waals surface area contributed by atoms with Gasteiger partial charge in [0.15, 0.2) is 0 Å². The number of thioether (sulfide) groups is 1. The van der Waals surface area contributed by atoms with Crippen LogP contribution in [0.25, 0.3) is 22.0 Å². The van der Waals surface area contributed by atoms with Crippen LogP contribution in [0.15, 0.2) is 53.4 Å². The van der Waals surface area contributed by atoms with Crippen molar-refractivity contribution in [2.75, 3.05) is 39.3 Å². The first-order valence-electron chi connectivity index (χ1n) is 13.4. The average Bonchev–Trinajstić information content (AvgIpc) is 3.35. The largest absolute Gasteiger partial charge is 0.351 e. The Morgan fingerprint density at radius 1 is 1.05 bits per heavy atom. The van der Waals surface area contributed by atoms with Crippen LogP contribution in [0.4, 0.5) is 0 Å². The van der Waals surface area contributed by atoms with E-state index < -0.39 is 0 Å². The first-order chi connectivity index (χ1) is 18.4. The zero-order chi connectivity index (χ0) is 27.1. The van der Waals surface area contributed by atoms with Crippen LogP contribution < -0.4 is 5.32 Å². The Labute approximate surface area is 229 Å². The minimum atomic E-state index is -0.240. The number of H-pyrrole nitrogens is 1. The predicted octanol–water partition coefficient (Wildman–Crippen LogP) is 5.15. The molecule has 1 unspecified atom stereocenters. The Kier molecular flexibility index (Phi) is 9.48. The third-order valence-electron chi connectivity index (χ3n) is 6.84. The van der Waals surface area contributed by atoms with Gasteiger partial charge in [-0.05, 0) is 66.8 Å². The lowest BCUT2D eigenvalue weighted by molar-refractivity contribution is -0.120. The number of amides is 2. The third-order valence-corrected chi connectivity index (χ3v) is 8.07. The molecule has 1 aliphatic rings. The molecule has 0 aliphatic carbocycles. The molecule has 3 aromatic rings. The Bertz CT molecular complexity index is 1290. The van der Waals surface area contributed by atoms with Gasteiger partial charge in [-0.3, -0.25) is 14.5 Å². The van der Waals surface area contributed by atoms with Crippen LogP contribution in [0.1, 0.15) is 44.1 Å². The summed E-state index contributed by atoms with van der Waals surface area (Å²) >= 11 is 1.53. The molecule has 200 valence electrons. The summed E-state index contributed by atoms with van der Waals surface area (Å²) in [5, 5.41) is 12.3. The topological polar surface area (TPSA) is 92.2 Å². The predicted molar refractivity (Wildman–Crippen MR) is 154 cm³/mol. The van der Waals surface area contributed by atoms with Gasteiger partial charge in [0.05, 0.1) is 11.3 Å².